The van der Waals surface area contributed by atoms with Gasteiger partial charge in [0.05, 0.1) is 29.3 Å². The maximum atomic E-state index is 14.7. The van der Waals surface area contributed by atoms with E-state index in [1.165, 1.54) is 15.5 Å². The molecule has 1 unspecified atom stereocenters. The van der Waals surface area contributed by atoms with Gasteiger partial charge in [-0.2, -0.15) is 0 Å². The second-order valence-corrected chi connectivity index (χ2v) is 9.34. The predicted octanol–water partition coefficient (Wildman–Crippen LogP) is 1.98. The van der Waals surface area contributed by atoms with Crippen molar-refractivity contribution in [2.24, 2.45) is 0 Å². The first-order chi connectivity index (χ1) is 14.0. The number of carbonyl (C=O) groups is 1. The molecule has 162 valence electrons. The summed E-state index contributed by atoms with van der Waals surface area (Å²) in [6.07, 6.45) is 1.40. The van der Waals surface area contributed by atoms with Gasteiger partial charge in [-0.05, 0) is 39.7 Å². The minimum absolute atomic E-state index is 0.0235. The van der Waals surface area contributed by atoms with Gasteiger partial charge in [-0.1, -0.05) is 0 Å². The van der Waals surface area contributed by atoms with Gasteiger partial charge in [-0.25, -0.2) is 9.18 Å². The zero-order valence-electron chi connectivity index (χ0n) is 17.4. The lowest BCUT2D eigenvalue weighted by molar-refractivity contribution is -0.0253. The molecule has 1 amide bonds. The van der Waals surface area contributed by atoms with E-state index in [1.54, 1.807) is 6.07 Å². The van der Waals surface area contributed by atoms with Crippen LogP contribution in [0.3, 0.4) is 0 Å². The number of aromatic nitrogens is 2. The first-order valence-electron chi connectivity index (χ1n) is 10.2. The molecular weight excluding hydrogens is 391 g/mol. The molecule has 9 heteroatoms. The van der Waals surface area contributed by atoms with Crippen molar-refractivity contribution in [2.45, 2.75) is 57.3 Å². The van der Waals surface area contributed by atoms with Crippen LogP contribution < -0.4 is 5.56 Å². The SMILES string of the molecule is CC(C)(C)N(C(=O)O)C1CCN(CC2(O)Cn3c(=O)ccc4ncc(F)c2c43)CC1. The summed E-state index contributed by atoms with van der Waals surface area (Å²) in [5, 5.41) is 21.0. The topological polar surface area (TPSA) is 98.9 Å². The van der Waals surface area contributed by atoms with E-state index in [2.05, 4.69) is 4.98 Å². The third-order valence-corrected chi connectivity index (χ3v) is 6.18. The van der Waals surface area contributed by atoms with E-state index in [4.69, 9.17) is 0 Å². The Morgan fingerprint density at radius 2 is 2.00 bits per heavy atom. The van der Waals surface area contributed by atoms with Crippen molar-refractivity contribution in [2.75, 3.05) is 19.6 Å². The van der Waals surface area contributed by atoms with E-state index in [0.29, 0.717) is 37.0 Å². The van der Waals surface area contributed by atoms with Gasteiger partial charge in [0, 0.05) is 37.3 Å². The molecule has 2 aliphatic heterocycles. The van der Waals surface area contributed by atoms with Crippen LogP contribution in [-0.2, 0) is 12.1 Å². The second kappa shape index (κ2) is 7.02. The summed E-state index contributed by atoms with van der Waals surface area (Å²) in [4.78, 5) is 31.6. The van der Waals surface area contributed by atoms with Gasteiger partial charge in [-0.15, -0.1) is 0 Å². The van der Waals surface area contributed by atoms with Gasteiger partial charge in [0.25, 0.3) is 5.56 Å². The van der Waals surface area contributed by atoms with Crippen molar-refractivity contribution in [1.29, 1.82) is 0 Å². The fourth-order valence-electron chi connectivity index (χ4n) is 5.00. The van der Waals surface area contributed by atoms with Gasteiger partial charge < -0.3 is 19.7 Å². The maximum Gasteiger partial charge on any atom is 0.407 e. The van der Waals surface area contributed by atoms with E-state index in [9.17, 15) is 24.2 Å². The Morgan fingerprint density at radius 1 is 1.33 bits per heavy atom. The number of likely N-dealkylation sites (tertiary alicyclic amines) is 1. The zero-order valence-corrected chi connectivity index (χ0v) is 17.4. The van der Waals surface area contributed by atoms with Crippen LogP contribution in [0.15, 0.2) is 23.1 Å². The molecule has 1 saturated heterocycles. The van der Waals surface area contributed by atoms with Crippen LogP contribution in [0.25, 0.3) is 11.0 Å². The molecule has 2 aromatic rings. The molecule has 0 radical (unpaired) electrons. The number of nitrogens with zero attached hydrogens (tertiary/aromatic N) is 4. The van der Waals surface area contributed by atoms with Crippen molar-refractivity contribution < 1.29 is 19.4 Å². The molecule has 30 heavy (non-hydrogen) atoms. The van der Waals surface area contributed by atoms with Crippen LogP contribution in [0.1, 0.15) is 39.2 Å². The third-order valence-electron chi connectivity index (χ3n) is 6.18. The van der Waals surface area contributed by atoms with Gasteiger partial charge in [-0.3, -0.25) is 14.7 Å². The molecule has 2 aromatic heterocycles. The number of amides is 1. The van der Waals surface area contributed by atoms with Crippen LogP contribution in [0.4, 0.5) is 9.18 Å². The number of aliphatic hydroxyl groups is 1. The summed E-state index contributed by atoms with van der Waals surface area (Å²) < 4.78 is 16.1. The van der Waals surface area contributed by atoms with Crippen molar-refractivity contribution in [3.05, 3.63) is 40.1 Å². The first kappa shape index (κ1) is 20.7. The lowest BCUT2D eigenvalue weighted by Crippen LogP contribution is -2.55. The second-order valence-electron chi connectivity index (χ2n) is 9.34. The Bertz CT molecular complexity index is 1060. The molecule has 2 N–H and O–H groups in total. The lowest BCUT2D eigenvalue weighted by atomic mass is 9.92. The Kier molecular flexibility index (Phi) is 4.85. The molecule has 4 heterocycles. The van der Waals surface area contributed by atoms with Crippen molar-refractivity contribution in [3.63, 3.8) is 0 Å². The fourth-order valence-corrected chi connectivity index (χ4v) is 5.00. The highest BCUT2D eigenvalue weighted by Gasteiger charge is 2.44. The van der Waals surface area contributed by atoms with Gasteiger partial charge in [0.15, 0.2) is 0 Å². The molecule has 1 fully saturated rings. The highest BCUT2D eigenvalue weighted by atomic mass is 19.1. The van der Waals surface area contributed by atoms with E-state index in [1.807, 2.05) is 25.7 Å². The van der Waals surface area contributed by atoms with Gasteiger partial charge in [0.1, 0.15) is 11.4 Å². The van der Waals surface area contributed by atoms with Crippen LogP contribution in [0, 0.1) is 5.82 Å². The normalized spacial score (nSPS) is 22.6. The molecule has 0 aromatic carbocycles. The number of hydrogen-bond acceptors (Lipinski definition) is 5. The number of carboxylic acid groups (broad SMARTS) is 1. The Balaban J connectivity index is 1.55. The summed E-state index contributed by atoms with van der Waals surface area (Å²) in [5.41, 5.74) is -1.39. The van der Waals surface area contributed by atoms with Crippen LogP contribution in [-0.4, -0.2) is 66.9 Å². The minimum atomic E-state index is -1.54. The smallest absolute Gasteiger partial charge is 0.407 e. The lowest BCUT2D eigenvalue weighted by Gasteiger charge is -2.44. The van der Waals surface area contributed by atoms with Gasteiger partial charge in [0.2, 0.25) is 0 Å². The Hall–Kier alpha value is -2.52. The Morgan fingerprint density at radius 3 is 2.60 bits per heavy atom. The highest BCUT2D eigenvalue weighted by Crippen LogP contribution is 2.38. The number of piperidine rings is 1. The molecule has 1 atom stereocenters. The maximum absolute atomic E-state index is 14.7. The monoisotopic (exact) mass is 418 g/mol. The summed E-state index contributed by atoms with van der Waals surface area (Å²) >= 11 is 0. The Labute approximate surface area is 173 Å². The van der Waals surface area contributed by atoms with E-state index in [-0.39, 0.29) is 30.3 Å². The highest BCUT2D eigenvalue weighted by molar-refractivity contribution is 5.81. The first-order valence-corrected chi connectivity index (χ1v) is 10.2. The zero-order chi connectivity index (χ0) is 21.8. The molecule has 2 aliphatic rings. The number of rotatable bonds is 3. The number of halogens is 1. The summed E-state index contributed by atoms with van der Waals surface area (Å²) in [7, 11) is 0. The molecule has 0 spiro atoms. The van der Waals surface area contributed by atoms with Crippen LogP contribution in [0.2, 0.25) is 0 Å². The van der Waals surface area contributed by atoms with Crippen LogP contribution in [0.5, 0.6) is 0 Å². The quantitative estimate of drug-likeness (QED) is 0.791. The molecule has 0 aliphatic carbocycles. The van der Waals surface area contributed by atoms with E-state index < -0.39 is 23.1 Å². The third kappa shape index (κ3) is 3.35. The summed E-state index contributed by atoms with van der Waals surface area (Å²) in [6, 6.07) is 2.81. The molecule has 0 bridgehead atoms. The largest absolute Gasteiger partial charge is 0.465 e. The molecular formula is C21H27FN4O4. The van der Waals surface area contributed by atoms with E-state index >= 15 is 0 Å². The van der Waals surface area contributed by atoms with Crippen molar-refractivity contribution in [1.82, 2.24) is 19.4 Å². The van der Waals surface area contributed by atoms with Crippen molar-refractivity contribution >= 4 is 17.1 Å². The number of pyridine rings is 2. The summed E-state index contributed by atoms with van der Waals surface area (Å²) in [6.45, 7) is 6.93. The predicted molar refractivity (Wildman–Crippen MR) is 109 cm³/mol. The number of hydrogen-bond donors (Lipinski definition) is 2. The standard InChI is InChI=1S/C21H27FN4O4/c1-20(2,3)26(19(28)29)13-6-8-24(9-7-13)11-21(30)12-25-16(27)5-4-15-18(25)17(21)14(22)10-23-15/h4-5,10,13,30H,6-9,11-12H2,1-3H3,(H,28,29). The van der Waals surface area contributed by atoms with E-state index in [0.717, 1.165) is 6.20 Å². The summed E-state index contributed by atoms with van der Waals surface area (Å²) in [5.74, 6) is -0.624. The van der Waals surface area contributed by atoms with Crippen LogP contribution >= 0.6 is 0 Å². The average molecular weight is 418 g/mol. The molecule has 4 rings (SSSR count). The molecule has 8 nitrogen and oxygen atoms in total. The fraction of sp³-hybridized carbons (Fsp3) is 0.571. The van der Waals surface area contributed by atoms with Crippen molar-refractivity contribution in [3.8, 4) is 0 Å². The minimum Gasteiger partial charge on any atom is -0.465 e. The number of β-amino-alcohol motifs (C(OH)–C–C–N with tert-alkyl or cyclic N) is 1. The molecule has 0 saturated carbocycles. The average Bonchev–Trinajstić information content (AvgIpc) is 2.95. The van der Waals surface area contributed by atoms with Gasteiger partial charge >= 0.3 is 6.09 Å².